The van der Waals surface area contributed by atoms with Gasteiger partial charge >= 0.3 is 5.97 Å². The first-order valence-corrected chi connectivity index (χ1v) is 9.31. The molecular weight excluding hydrogens is 380 g/mol. The highest BCUT2D eigenvalue weighted by Gasteiger charge is 2.11. The van der Waals surface area contributed by atoms with Crippen LogP contribution in [0.5, 0.6) is 0 Å². The molecule has 0 aliphatic carbocycles. The smallest absolute Gasteiger partial charge is 0.331 e. The summed E-state index contributed by atoms with van der Waals surface area (Å²) in [6.07, 6.45) is 2.87. The van der Waals surface area contributed by atoms with E-state index in [0.717, 1.165) is 37.6 Å². The van der Waals surface area contributed by atoms with Crippen LogP contribution in [0, 0.1) is 0 Å². The lowest BCUT2D eigenvalue weighted by atomic mass is 10.2. The summed E-state index contributed by atoms with van der Waals surface area (Å²) < 4.78 is 10.3. The van der Waals surface area contributed by atoms with Gasteiger partial charge in [0.05, 0.1) is 13.2 Å². The molecule has 7 heteroatoms. The molecule has 0 saturated carbocycles. The van der Waals surface area contributed by atoms with Crippen molar-refractivity contribution in [3.63, 3.8) is 0 Å². The monoisotopic (exact) mass is 400 g/mol. The average molecular weight is 401 g/mol. The van der Waals surface area contributed by atoms with E-state index in [0.29, 0.717) is 10.7 Å². The quantitative estimate of drug-likeness (QED) is 0.594. The zero-order valence-electron chi connectivity index (χ0n) is 15.3. The summed E-state index contributed by atoms with van der Waals surface area (Å²) in [4.78, 5) is 25.9. The zero-order valence-corrected chi connectivity index (χ0v) is 16.0. The van der Waals surface area contributed by atoms with E-state index in [9.17, 15) is 9.59 Å². The van der Waals surface area contributed by atoms with E-state index in [1.54, 1.807) is 30.3 Å². The van der Waals surface area contributed by atoms with Crippen LogP contribution in [-0.2, 0) is 19.1 Å². The Hall–Kier alpha value is -2.83. The maximum atomic E-state index is 12.0. The zero-order chi connectivity index (χ0) is 19.8. The largest absolute Gasteiger partial charge is 0.452 e. The summed E-state index contributed by atoms with van der Waals surface area (Å²) in [6, 6.07) is 14.5. The molecule has 1 aliphatic rings. The SMILES string of the molecule is O=C(COC(=O)/C=C/c1ccc(Cl)cc1)Nc1ccc(N2CCOCC2)cc1. The van der Waals surface area contributed by atoms with Crippen molar-refractivity contribution in [2.45, 2.75) is 0 Å². The van der Waals surface area contributed by atoms with Gasteiger partial charge in [-0.1, -0.05) is 23.7 Å². The highest BCUT2D eigenvalue weighted by molar-refractivity contribution is 6.30. The van der Waals surface area contributed by atoms with Crippen molar-refractivity contribution in [3.05, 3.63) is 65.2 Å². The Morgan fingerprint density at radius 1 is 1.07 bits per heavy atom. The lowest BCUT2D eigenvalue weighted by Gasteiger charge is -2.28. The molecule has 3 rings (SSSR count). The number of hydrogen-bond donors (Lipinski definition) is 1. The van der Waals surface area contributed by atoms with Crippen molar-refractivity contribution in [2.75, 3.05) is 43.1 Å². The van der Waals surface area contributed by atoms with Gasteiger partial charge in [0.15, 0.2) is 6.61 Å². The van der Waals surface area contributed by atoms with Crippen molar-refractivity contribution < 1.29 is 19.1 Å². The summed E-state index contributed by atoms with van der Waals surface area (Å²) in [5.41, 5.74) is 2.54. The van der Waals surface area contributed by atoms with Gasteiger partial charge in [-0.25, -0.2) is 4.79 Å². The van der Waals surface area contributed by atoms with Crippen LogP contribution in [0.3, 0.4) is 0 Å². The number of hydrogen-bond acceptors (Lipinski definition) is 5. The number of carbonyl (C=O) groups is 2. The number of halogens is 1. The molecule has 0 spiro atoms. The third kappa shape index (κ3) is 6.11. The maximum Gasteiger partial charge on any atom is 0.331 e. The molecule has 1 heterocycles. The molecule has 146 valence electrons. The van der Waals surface area contributed by atoms with Crippen LogP contribution in [0.25, 0.3) is 6.08 Å². The van der Waals surface area contributed by atoms with E-state index in [4.69, 9.17) is 21.1 Å². The van der Waals surface area contributed by atoms with E-state index >= 15 is 0 Å². The van der Waals surface area contributed by atoms with Gasteiger partial charge in [0.2, 0.25) is 0 Å². The number of benzene rings is 2. The number of esters is 1. The molecule has 1 N–H and O–H groups in total. The molecular formula is C21H21ClN2O4. The van der Waals surface area contributed by atoms with Crippen molar-refractivity contribution in [2.24, 2.45) is 0 Å². The van der Waals surface area contributed by atoms with Gasteiger partial charge in [-0.15, -0.1) is 0 Å². The van der Waals surface area contributed by atoms with Gasteiger partial charge in [0, 0.05) is 35.6 Å². The van der Waals surface area contributed by atoms with Crippen molar-refractivity contribution in [1.82, 2.24) is 0 Å². The molecule has 1 amide bonds. The molecule has 0 atom stereocenters. The lowest BCUT2D eigenvalue weighted by Crippen LogP contribution is -2.36. The minimum atomic E-state index is -0.590. The number of nitrogens with zero attached hydrogens (tertiary/aromatic N) is 1. The normalized spacial score (nSPS) is 14.1. The second-order valence-electron chi connectivity index (χ2n) is 6.19. The van der Waals surface area contributed by atoms with Gasteiger partial charge in [-0.3, -0.25) is 4.79 Å². The van der Waals surface area contributed by atoms with Gasteiger partial charge in [0.1, 0.15) is 0 Å². The fraction of sp³-hybridized carbons (Fsp3) is 0.238. The number of rotatable bonds is 6. The number of morpholine rings is 1. The third-order valence-electron chi connectivity index (χ3n) is 4.15. The van der Waals surface area contributed by atoms with Crippen LogP contribution in [-0.4, -0.2) is 44.8 Å². The van der Waals surface area contributed by atoms with Crippen molar-refractivity contribution >= 4 is 40.9 Å². The van der Waals surface area contributed by atoms with Crippen LogP contribution >= 0.6 is 11.6 Å². The standard InChI is InChI=1S/C21H21ClN2O4/c22-17-4-1-16(2-5-17)3-10-21(26)28-15-20(25)23-18-6-8-19(9-7-18)24-11-13-27-14-12-24/h1-10H,11-15H2,(H,23,25)/b10-3+. The first-order valence-electron chi connectivity index (χ1n) is 8.93. The minimum Gasteiger partial charge on any atom is -0.452 e. The third-order valence-corrected chi connectivity index (χ3v) is 4.41. The van der Waals surface area contributed by atoms with Crippen molar-refractivity contribution in [1.29, 1.82) is 0 Å². The van der Waals surface area contributed by atoms with Gasteiger partial charge in [-0.2, -0.15) is 0 Å². The second-order valence-corrected chi connectivity index (χ2v) is 6.62. The van der Waals surface area contributed by atoms with Crippen LogP contribution in [0.4, 0.5) is 11.4 Å². The van der Waals surface area contributed by atoms with Crippen LogP contribution in [0.15, 0.2) is 54.6 Å². The molecule has 1 saturated heterocycles. The first kappa shape index (κ1) is 19.9. The van der Waals surface area contributed by atoms with E-state index < -0.39 is 11.9 Å². The Labute approximate surface area is 168 Å². The summed E-state index contributed by atoms with van der Waals surface area (Å²) in [6.45, 7) is 2.79. The van der Waals surface area contributed by atoms with Gasteiger partial charge in [-0.05, 0) is 48.0 Å². The molecule has 2 aromatic rings. The molecule has 1 aliphatic heterocycles. The van der Waals surface area contributed by atoms with E-state index in [1.165, 1.54) is 6.08 Å². The van der Waals surface area contributed by atoms with Crippen molar-refractivity contribution in [3.8, 4) is 0 Å². The maximum absolute atomic E-state index is 12.0. The Balaban J connectivity index is 1.43. The molecule has 0 unspecified atom stereocenters. The van der Waals surface area contributed by atoms with Crippen LogP contribution in [0.2, 0.25) is 5.02 Å². The summed E-state index contributed by atoms with van der Waals surface area (Å²) in [5, 5.41) is 3.33. The lowest BCUT2D eigenvalue weighted by molar-refractivity contribution is -0.142. The fourth-order valence-electron chi connectivity index (χ4n) is 2.70. The highest BCUT2D eigenvalue weighted by atomic mass is 35.5. The minimum absolute atomic E-state index is 0.352. The molecule has 2 aromatic carbocycles. The van der Waals surface area contributed by atoms with Gasteiger partial charge in [0.25, 0.3) is 5.91 Å². The van der Waals surface area contributed by atoms with E-state index in [2.05, 4.69) is 10.2 Å². The topological polar surface area (TPSA) is 67.9 Å². The predicted molar refractivity (Wildman–Crippen MR) is 110 cm³/mol. The average Bonchev–Trinajstić information content (AvgIpc) is 2.73. The molecule has 1 fully saturated rings. The Morgan fingerprint density at radius 3 is 2.43 bits per heavy atom. The molecule has 28 heavy (non-hydrogen) atoms. The van der Waals surface area contributed by atoms with E-state index in [1.807, 2.05) is 24.3 Å². The van der Waals surface area contributed by atoms with Crippen LogP contribution < -0.4 is 10.2 Å². The molecule has 6 nitrogen and oxygen atoms in total. The van der Waals surface area contributed by atoms with Gasteiger partial charge < -0.3 is 19.7 Å². The fourth-order valence-corrected chi connectivity index (χ4v) is 2.82. The number of anilines is 2. The second kappa shape index (κ2) is 9.92. The first-order chi connectivity index (χ1) is 13.6. The van der Waals surface area contributed by atoms with Crippen LogP contribution in [0.1, 0.15) is 5.56 Å². The summed E-state index contributed by atoms with van der Waals surface area (Å²) in [5.74, 6) is -0.986. The number of nitrogens with one attached hydrogen (secondary N) is 1. The van der Waals surface area contributed by atoms with E-state index in [-0.39, 0.29) is 6.61 Å². The highest BCUT2D eigenvalue weighted by Crippen LogP contribution is 2.19. The molecule has 0 radical (unpaired) electrons. The Kier molecular flexibility index (Phi) is 7.06. The number of amides is 1. The number of carbonyl (C=O) groups excluding carboxylic acids is 2. The predicted octanol–water partition coefficient (Wildman–Crippen LogP) is 3.37. The Bertz CT molecular complexity index is 828. The summed E-state index contributed by atoms with van der Waals surface area (Å²) >= 11 is 5.81. The Morgan fingerprint density at radius 2 is 1.75 bits per heavy atom. The number of ether oxygens (including phenoxy) is 2. The summed E-state index contributed by atoms with van der Waals surface area (Å²) in [7, 11) is 0. The molecule has 0 aromatic heterocycles. The molecule has 0 bridgehead atoms.